The van der Waals surface area contributed by atoms with Crippen molar-refractivity contribution < 1.29 is 19.4 Å². The van der Waals surface area contributed by atoms with Crippen LogP contribution in [0, 0.1) is 5.92 Å². The van der Waals surface area contributed by atoms with E-state index >= 15 is 0 Å². The zero-order valence-corrected chi connectivity index (χ0v) is 12.4. The van der Waals surface area contributed by atoms with Gasteiger partial charge in [0.2, 0.25) is 5.91 Å². The Bertz CT molecular complexity index is 316. The molecule has 6 nitrogen and oxygen atoms in total. The second kappa shape index (κ2) is 8.92. The highest BCUT2D eigenvalue weighted by molar-refractivity contribution is 5.79. The van der Waals surface area contributed by atoms with Crippen molar-refractivity contribution >= 4 is 11.9 Å². The van der Waals surface area contributed by atoms with Crippen LogP contribution < -0.4 is 5.32 Å². The van der Waals surface area contributed by atoms with Crippen molar-refractivity contribution in [2.75, 3.05) is 32.8 Å². The number of nitrogens with one attached hydrogen (secondary N) is 1. The van der Waals surface area contributed by atoms with Gasteiger partial charge in [0.15, 0.2) is 0 Å². The fraction of sp³-hybridized carbons (Fsp3) is 0.857. The van der Waals surface area contributed by atoms with Gasteiger partial charge in [0.1, 0.15) is 0 Å². The Balaban J connectivity index is 2.14. The van der Waals surface area contributed by atoms with E-state index in [-0.39, 0.29) is 25.1 Å². The van der Waals surface area contributed by atoms with Gasteiger partial charge in [0.05, 0.1) is 19.2 Å². The number of rotatable bonds is 11. The van der Waals surface area contributed by atoms with Gasteiger partial charge in [0.25, 0.3) is 0 Å². The molecule has 6 heteroatoms. The molecule has 2 N–H and O–H groups in total. The van der Waals surface area contributed by atoms with Crippen LogP contribution in [0.2, 0.25) is 0 Å². The summed E-state index contributed by atoms with van der Waals surface area (Å²) in [6.07, 6.45) is 3.26. The molecule has 116 valence electrons. The highest BCUT2D eigenvalue weighted by atomic mass is 16.5. The third kappa shape index (κ3) is 8.87. The summed E-state index contributed by atoms with van der Waals surface area (Å²) < 4.78 is 5.38. The number of nitrogens with zero attached hydrogens (tertiary/aromatic N) is 1. The molecule has 1 aliphatic rings. The molecule has 0 aromatic rings. The topological polar surface area (TPSA) is 78.9 Å². The van der Waals surface area contributed by atoms with E-state index in [2.05, 4.69) is 5.32 Å². The summed E-state index contributed by atoms with van der Waals surface area (Å²) in [6.45, 7) is 5.93. The lowest BCUT2D eigenvalue weighted by Gasteiger charge is -2.19. The van der Waals surface area contributed by atoms with Crippen LogP contribution >= 0.6 is 0 Å². The van der Waals surface area contributed by atoms with Gasteiger partial charge in [-0.1, -0.05) is 0 Å². The Kier molecular flexibility index (Phi) is 7.54. The molecule has 0 saturated heterocycles. The van der Waals surface area contributed by atoms with E-state index in [1.54, 1.807) is 4.90 Å². The van der Waals surface area contributed by atoms with Crippen LogP contribution in [0.25, 0.3) is 0 Å². The largest absolute Gasteiger partial charge is 0.480 e. The summed E-state index contributed by atoms with van der Waals surface area (Å²) in [6, 6.07) is 0. The van der Waals surface area contributed by atoms with Crippen LogP contribution in [0.5, 0.6) is 0 Å². The molecule has 0 bridgehead atoms. The standard InChI is InChI=1S/C14H26N2O4/c1-11(2)20-7-3-6-15-13(17)9-16(10-14(18)19)8-12-4-5-12/h11-12H,3-10H2,1-2H3,(H,15,17)(H,18,19). The minimum Gasteiger partial charge on any atom is -0.480 e. The van der Waals surface area contributed by atoms with Gasteiger partial charge in [-0.05, 0) is 39.0 Å². The molecular formula is C14H26N2O4. The summed E-state index contributed by atoms with van der Waals surface area (Å²) in [7, 11) is 0. The fourth-order valence-corrected chi connectivity index (χ4v) is 1.92. The summed E-state index contributed by atoms with van der Waals surface area (Å²) in [5.74, 6) is -0.429. The molecule has 0 aliphatic heterocycles. The lowest BCUT2D eigenvalue weighted by atomic mass is 10.3. The van der Waals surface area contributed by atoms with Gasteiger partial charge < -0.3 is 15.2 Å². The Morgan fingerprint density at radius 3 is 2.60 bits per heavy atom. The van der Waals surface area contributed by atoms with E-state index in [9.17, 15) is 9.59 Å². The number of carbonyl (C=O) groups excluding carboxylic acids is 1. The number of carbonyl (C=O) groups is 2. The summed E-state index contributed by atoms with van der Waals surface area (Å²) in [5.41, 5.74) is 0. The Labute approximate surface area is 120 Å². The molecule has 0 heterocycles. The second-order valence-corrected chi connectivity index (χ2v) is 5.63. The van der Waals surface area contributed by atoms with Gasteiger partial charge in [0, 0.05) is 19.7 Å². The predicted molar refractivity (Wildman–Crippen MR) is 75.5 cm³/mol. The van der Waals surface area contributed by atoms with Crippen LogP contribution in [0.3, 0.4) is 0 Å². The van der Waals surface area contributed by atoms with E-state index in [1.807, 2.05) is 13.8 Å². The first-order valence-electron chi connectivity index (χ1n) is 7.30. The number of amides is 1. The predicted octanol–water partition coefficient (Wildman–Crippen LogP) is 0.714. The maximum Gasteiger partial charge on any atom is 0.317 e. The van der Waals surface area contributed by atoms with Crippen molar-refractivity contribution in [1.29, 1.82) is 0 Å². The van der Waals surface area contributed by atoms with Gasteiger partial charge in [-0.15, -0.1) is 0 Å². The molecule has 0 aromatic carbocycles. The number of hydrogen-bond donors (Lipinski definition) is 2. The minimum absolute atomic E-state index is 0.0691. The molecular weight excluding hydrogens is 260 g/mol. The van der Waals surface area contributed by atoms with E-state index in [4.69, 9.17) is 9.84 Å². The summed E-state index contributed by atoms with van der Waals surface area (Å²) in [4.78, 5) is 24.2. The average Bonchev–Trinajstić information content (AvgIpc) is 3.11. The van der Waals surface area contributed by atoms with E-state index in [0.29, 0.717) is 25.6 Å². The molecule has 1 aliphatic carbocycles. The van der Waals surface area contributed by atoms with Gasteiger partial charge in [-0.2, -0.15) is 0 Å². The third-order valence-corrected chi connectivity index (χ3v) is 3.03. The fourth-order valence-electron chi connectivity index (χ4n) is 1.92. The molecule has 0 aromatic heterocycles. The number of ether oxygens (including phenoxy) is 1. The Morgan fingerprint density at radius 1 is 1.35 bits per heavy atom. The van der Waals surface area contributed by atoms with E-state index < -0.39 is 5.97 Å². The zero-order valence-electron chi connectivity index (χ0n) is 12.4. The average molecular weight is 286 g/mol. The van der Waals surface area contributed by atoms with Crippen molar-refractivity contribution in [3.8, 4) is 0 Å². The molecule has 1 rings (SSSR count). The SMILES string of the molecule is CC(C)OCCCNC(=O)CN(CC(=O)O)CC1CC1. The van der Waals surface area contributed by atoms with Gasteiger partial charge in [-0.3, -0.25) is 14.5 Å². The molecule has 0 spiro atoms. The van der Waals surface area contributed by atoms with E-state index in [1.165, 1.54) is 0 Å². The van der Waals surface area contributed by atoms with Crippen LogP contribution in [-0.4, -0.2) is 60.8 Å². The highest BCUT2D eigenvalue weighted by Crippen LogP contribution is 2.29. The maximum atomic E-state index is 11.7. The Hall–Kier alpha value is -1.14. The quantitative estimate of drug-likeness (QED) is 0.547. The van der Waals surface area contributed by atoms with Crippen LogP contribution in [0.1, 0.15) is 33.1 Å². The lowest BCUT2D eigenvalue weighted by Crippen LogP contribution is -2.41. The second-order valence-electron chi connectivity index (χ2n) is 5.63. The third-order valence-electron chi connectivity index (χ3n) is 3.03. The minimum atomic E-state index is -0.885. The first kappa shape index (κ1) is 16.9. The van der Waals surface area contributed by atoms with Crippen molar-refractivity contribution in [2.24, 2.45) is 5.92 Å². The molecule has 20 heavy (non-hydrogen) atoms. The van der Waals surface area contributed by atoms with Crippen LogP contribution in [0.4, 0.5) is 0 Å². The number of aliphatic carboxylic acids is 1. The van der Waals surface area contributed by atoms with Gasteiger partial charge in [-0.25, -0.2) is 0 Å². The molecule has 1 saturated carbocycles. The normalized spacial score (nSPS) is 14.8. The first-order valence-corrected chi connectivity index (χ1v) is 7.30. The van der Waals surface area contributed by atoms with Crippen molar-refractivity contribution in [3.63, 3.8) is 0 Å². The van der Waals surface area contributed by atoms with Crippen molar-refractivity contribution in [3.05, 3.63) is 0 Å². The molecule has 1 fully saturated rings. The number of carboxylic acid groups (broad SMARTS) is 1. The molecule has 0 radical (unpaired) electrons. The monoisotopic (exact) mass is 286 g/mol. The highest BCUT2D eigenvalue weighted by Gasteiger charge is 2.26. The number of hydrogen-bond acceptors (Lipinski definition) is 4. The molecule has 0 atom stereocenters. The lowest BCUT2D eigenvalue weighted by molar-refractivity contribution is -0.138. The number of carboxylic acids is 1. The summed E-state index contributed by atoms with van der Waals surface area (Å²) in [5, 5.41) is 11.6. The smallest absolute Gasteiger partial charge is 0.317 e. The van der Waals surface area contributed by atoms with Crippen LogP contribution in [0.15, 0.2) is 0 Å². The molecule has 0 unspecified atom stereocenters. The van der Waals surface area contributed by atoms with Crippen molar-refractivity contribution in [2.45, 2.75) is 39.2 Å². The zero-order chi connectivity index (χ0) is 15.0. The van der Waals surface area contributed by atoms with E-state index in [0.717, 1.165) is 19.3 Å². The first-order chi connectivity index (χ1) is 9.47. The van der Waals surface area contributed by atoms with Crippen molar-refractivity contribution in [1.82, 2.24) is 10.2 Å². The van der Waals surface area contributed by atoms with Gasteiger partial charge >= 0.3 is 5.97 Å². The maximum absolute atomic E-state index is 11.7. The van der Waals surface area contributed by atoms with Crippen LogP contribution in [-0.2, 0) is 14.3 Å². The Morgan fingerprint density at radius 2 is 2.05 bits per heavy atom. The summed E-state index contributed by atoms with van der Waals surface area (Å²) >= 11 is 0. The molecule has 1 amide bonds.